The van der Waals surface area contributed by atoms with Gasteiger partial charge in [0, 0.05) is 17.0 Å². The van der Waals surface area contributed by atoms with Gasteiger partial charge in [0.1, 0.15) is 0 Å². The molecule has 3 rings (SSSR count). The second-order valence-corrected chi connectivity index (χ2v) is 9.68. The molecular formula is C32H51N3O2. The number of nitrogens with one attached hydrogen (secondary N) is 1. The Morgan fingerprint density at radius 1 is 1.08 bits per heavy atom. The Bertz CT molecular complexity index is 931. The molecule has 1 N–H and O–H groups in total. The summed E-state index contributed by atoms with van der Waals surface area (Å²) in [4.78, 5) is 11.5. The lowest BCUT2D eigenvalue weighted by Gasteiger charge is -2.26. The van der Waals surface area contributed by atoms with Gasteiger partial charge in [0.05, 0.1) is 0 Å². The summed E-state index contributed by atoms with van der Waals surface area (Å²) < 4.78 is 0. The molecule has 0 saturated carbocycles. The van der Waals surface area contributed by atoms with Crippen LogP contribution in [0.4, 0.5) is 0 Å². The van der Waals surface area contributed by atoms with Crippen LogP contribution in [0.25, 0.3) is 10.8 Å². The standard InChI is InChI=1S/C16H21N.C11H21N.C3H5NO2.C2H4/c1-4-17-16(2,3)12-13-9-10-14-7-5-6-8-15(14)11-13;1-3-7-11(4-2)10-12-8-5-6-9-12;1-2-3-4(5)6;1-2/h5-11,17H,4,12H2,1-3H3;7H,3-6,8-10H2,1-2H3;2H,1,3H2;1-2H2/b;11-7+;;. The number of hydrogen-bond acceptors (Lipinski definition) is 4. The van der Waals surface area contributed by atoms with E-state index in [9.17, 15) is 10.1 Å². The van der Waals surface area contributed by atoms with Gasteiger partial charge < -0.3 is 5.32 Å². The Balaban J connectivity index is 0.000000565. The Kier molecular flexibility index (Phi) is 18.8. The zero-order valence-corrected chi connectivity index (χ0v) is 24.1. The van der Waals surface area contributed by atoms with Gasteiger partial charge in [0.25, 0.3) is 0 Å². The predicted molar refractivity (Wildman–Crippen MR) is 163 cm³/mol. The van der Waals surface area contributed by atoms with Crippen LogP contribution in [0.1, 0.15) is 65.9 Å². The first-order valence-electron chi connectivity index (χ1n) is 13.6. The van der Waals surface area contributed by atoms with Crippen LogP contribution >= 0.6 is 0 Å². The molecule has 1 heterocycles. The van der Waals surface area contributed by atoms with Gasteiger partial charge in [-0.25, -0.2) is 0 Å². The topological polar surface area (TPSA) is 58.4 Å². The highest BCUT2D eigenvalue weighted by Crippen LogP contribution is 2.19. The van der Waals surface area contributed by atoms with Crippen LogP contribution in [0.15, 0.2) is 79.9 Å². The first-order valence-corrected chi connectivity index (χ1v) is 13.6. The normalized spacial score (nSPS) is 13.4. The van der Waals surface area contributed by atoms with E-state index < -0.39 is 4.92 Å². The average molecular weight is 510 g/mol. The van der Waals surface area contributed by atoms with Crippen molar-refractivity contribution in [2.24, 2.45) is 0 Å². The van der Waals surface area contributed by atoms with Gasteiger partial charge in [-0.1, -0.05) is 81.5 Å². The molecule has 2 aromatic carbocycles. The molecule has 1 aliphatic rings. The highest BCUT2D eigenvalue weighted by atomic mass is 16.6. The molecule has 206 valence electrons. The van der Waals surface area contributed by atoms with Crippen molar-refractivity contribution in [3.8, 4) is 0 Å². The summed E-state index contributed by atoms with van der Waals surface area (Å²) in [6.07, 6.45) is 9.93. The van der Waals surface area contributed by atoms with Gasteiger partial charge in [-0.15, -0.1) is 13.2 Å². The second-order valence-electron chi connectivity index (χ2n) is 9.68. The fraction of sp³-hybridized carbons (Fsp3) is 0.500. The van der Waals surface area contributed by atoms with E-state index in [-0.39, 0.29) is 12.1 Å². The van der Waals surface area contributed by atoms with E-state index in [0.29, 0.717) is 0 Å². The molecule has 0 unspecified atom stereocenters. The largest absolute Gasteiger partial charge is 0.312 e. The van der Waals surface area contributed by atoms with Crippen molar-refractivity contribution in [1.82, 2.24) is 10.2 Å². The van der Waals surface area contributed by atoms with Crippen LogP contribution in [0.5, 0.6) is 0 Å². The lowest BCUT2D eigenvalue weighted by atomic mass is 9.93. The number of rotatable bonds is 10. The smallest absolute Gasteiger partial charge is 0.221 e. The minimum Gasteiger partial charge on any atom is -0.312 e. The average Bonchev–Trinajstić information content (AvgIpc) is 3.38. The summed E-state index contributed by atoms with van der Waals surface area (Å²) in [6.45, 7) is 25.1. The van der Waals surface area contributed by atoms with Crippen LogP contribution in [0.2, 0.25) is 0 Å². The molecule has 0 radical (unpaired) electrons. The molecular weight excluding hydrogens is 458 g/mol. The van der Waals surface area contributed by atoms with E-state index in [0.717, 1.165) is 13.0 Å². The summed E-state index contributed by atoms with van der Waals surface area (Å²) in [5.74, 6) is 0. The summed E-state index contributed by atoms with van der Waals surface area (Å²) in [7, 11) is 0. The molecule has 5 nitrogen and oxygen atoms in total. The summed E-state index contributed by atoms with van der Waals surface area (Å²) in [5, 5.41) is 15.5. The molecule has 1 aliphatic heterocycles. The maximum absolute atomic E-state index is 9.33. The van der Waals surface area contributed by atoms with Gasteiger partial charge >= 0.3 is 0 Å². The van der Waals surface area contributed by atoms with Crippen LogP contribution in [0.3, 0.4) is 0 Å². The van der Waals surface area contributed by atoms with E-state index in [1.807, 2.05) is 0 Å². The van der Waals surface area contributed by atoms with Gasteiger partial charge in [-0.3, -0.25) is 15.0 Å². The molecule has 0 aromatic heterocycles. The number of nitro groups is 1. The Hall–Kier alpha value is -2.76. The molecule has 0 spiro atoms. The minimum atomic E-state index is -0.438. The van der Waals surface area contributed by atoms with Crippen molar-refractivity contribution in [2.75, 3.05) is 32.7 Å². The number of fused-ring (bicyclic) bond motifs is 1. The first kappa shape index (κ1) is 34.2. The maximum atomic E-state index is 9.33. The third kappa shape index (κ3) is 15.9. The molecule has 0 amide bonds. The third-order valence-corrected chi connectivity index (χ3v) is 5.97. The van der Waals surface area contributed by atoms with Crippen LogP contribution in [-0.2, 0) is 6.42 Å². The van der Waals surface area contributed by atoms with Crippen molar-refractivity contribution >= 4 is 10.8 Å². The van der Waals surface area contributed by atoms with E-state index >= 15 is 0 Å². The number of hydrogen-bond donors (Lipinski definition) is 1. The van der Waals surface area contributed by atoms with Gasteiger partial charge in [-0.2, -0.15) is 0 Å². The summed E-state index contributed by atoms with van der Waals surface area (Å²) >= 11 is 0. The lowest BCUT2D eigenvalue weighted by molar-refractivity contribution is -0.468. The molecule has 0 aliphatic carbocycles. The summed E-state index contributed by atoms with van der Waals surface area (Å²) in [5.41, 5.74) is 3.19. The van der Waals surface area contributed by atoms with Gasteiger partial charge in [0.15, 0.2) is 0 Å². The number of likely N-dealkylation sites (N-methyl/N-ethyl adjacent to an activating group) is 1. The highest BCUT2D eigenvalue weighted by Gasteiger charge is 2.16. The zero-order chi connectivity index (χ0) is 28.1. The number of likely N-dealkylation sites (tertiary alicyclic amines) is 1. The highest BCUT2D eigenvalue weighted by molar-refractivity contribution is 5.83. The van der Waals surface area contributed by atoms with Crippen molar-refractivity contribution in [3.63, 3.8) is 0 Å². The third-order valence-electron chi connectivity index (χ3n) is 5.97. The van der Waals surface area contributed by atoms with Crippen LogP contribution in [-0.4, -0.2) is 48.1 Å². The number of allylic oxidation sites excluding steroid dienone is 1. The second kappa shape index (κ2) is 20.3. The zero-order valence-electron chi connectivity index (χ0n) is 24.1. The van der Waals surface area contributed by atoms with Crippen molar-refractivity contribution in [2.45, 2.75) is 72.3 Å². The quantitative estimate of drug-likeness (QED) is 0.201. The van der Waals surface area contributed by atoms with Crippen LogP contribution < -0.4 is 5.32 Å². The number of nitrogens with zero attached hydrogens (tertiary/aromatic N) is 2. The van der Waals surface area contributed by atoms with Crippen molar-refractivity contribution in [3.05, 3.63) is 95.6 Å². The fourth-order valence-corrected chi connectivity index (χ4v) is 4.34. The minimum absolute atomic E-state index is 0.139. The van der Waals surface area contributed by atoms with E-state index in [1.165, 1.54) is 67.7 Å². The predicted octanol–water partition coefficient (Wildman–Crippen LogP) is 7.85. The molecule has 0 atom stereocenters. The Morgan fingerprint density at radius 2 is 1.70 bits per heavy atom. The molecule has 37 heavy (non-hydrogen) atoms. The van der Waals surface area contributed by atoms with Crippen LogP contribution in [0, 0.1) is 10.1 Å². The first-order chi connectivity index (χ1) is 17.7. The molecule has 1 saturated heterocycles. The lowest BCUT2D eigenvalue weighted by Crippen LogP contribution is -2.41. The van der Waals surface area contributed by atoms with Crippen molar-refractivity contribution in [1.29, 1.82) is 0 Å². The molecule has 2 aromatic rings. The Labute approximate surface area is 226 Å². The fourth-order valence-electron chi connectivity index (χ4n) is 4.34. The Morgan fingerprint density at radius 3 is 2.19 bits per heavy atom. The maximum Gasteiger partial charge on any atom is 0.221 e. The SMILES string of the molecule is C=C.C=CC[N+](=O)[O-].CC/C=C(\CC)CN1CCCC1.CCNC(C)(C)Cc1ccc2ccccc2c1. The van der Waals surface area contributed by atoms with Gasteiger partial charge in [0.2, 0.25) is 6.54 Å². The number of benzene rings is 2. The monoisotopic (exact) mass is 509 g/mol. The van der Waals surface area contributed by atoms with E-state index in [4.69, 9.17) is 0 Å². The van der Waals surface area contributed by atoms with E-state index in [1.54, 1.807) is 5.57 Å². The molecule has 5 heteroatoms. The van der Waals surface area contributed by atoms with Gasteiger partial charge in [-0.05, 0) is 88.0 Å². The molecule has 1 fully saturated rings. The summed E-state index contributed by atoms with van der Waals surface area (Å²) in [6, 6.07) is 15.3. The molecule has 0 bridgehead atoms. The van der Waals surface area contributed by atoms with E-state index in [2.05, 4.69) is 113 Å². The van der Waals surface area contributed by atoms with Crippen molar-refractivity contribution < 1.29 is 4.92 Å².